The summed E-state index contributed by atoms with van der Waals surface area (Å²) in [7, 11) is 0. The number of nitrogens with one attached hydrogen (secondary N) is 1. The summed E-state index contributed by atoms with van der Waals surface area (Å²) in [6.45, 7) is 4.56. The molecule has 0 spiro atoms. The van der Waals surface area contributed by atoms with E-state index in [1.54, 1.807) is 0 Å². The van der Waals surface area contributed by atoms with E-state index in [0.29, 0.717) is 6.04 Å². The molecule has 2 rings (SSSR count). The molecule has 1 aromatic carbocycles. The minimum Gasteiger partial charge on any atom is -0.271 e. The van der Waals surface area contributed by atoms with Crippen molar-refractivity contribution >= 4 is 0 Å². The zero-order valence-corrected chi connectivity index (χ0v) is 10.9. The maximum absolute atomic E-state index is 5.71. The molecule has 4 atom stereocenters. The van der Waals surface area contributed by atoms with E-state index in [0.717, 1.165) is 17.8 Å². The lowest BCUT2D eigenvalue weighted by Gasteiger charge is -2.19. The normalized spacial score (nSPS) is 26.5. The van der Waals surface area contributed by atoms with Crippen LogP contribution < -0.4 is 11.3 Å². The van der Waals surface area contributed by atoms with E-state index in [-0.39, 0.29) is 0 Å². The largest absolute Gasteiger partial charge is 0.271 e. The summed E-state index contributed by atoms with van der Waals surface area (Å²) in [6.07, 6.45) is 3.72. The van der Waals surface area contributed by atoms with Crippen LogP contribution >= 0.6 is 0 Å². The Balaban J connectivity index is 1.92. The molecule has 0 aromatic heterocycles. The molecule has 3 N–H and O–H groups in total. The topological polar surface area (TPSA) is 38.0 Å². The fourth-order valence-corrected chi connectivity index (χ4v) is 2.71. The van der Waals surface area contributed by atoms with Gasteiger partial charge in [0.25, 0.3) is 0 Å². The highest BCUT2D eigenvalue weighted by atomic mass is 15.2. The van der Waals surface area contributed by atoms with Gasteiger partial charge in [-0.15, -0.1) is 0 Å². The Morgan fingerprint density at radius 3 is 2.65 bits per heavy atom. The molecule has 94 valence electrons. The van der Waals surface area contributed by atoms with Crippen LogP contribution in [0.3, 0.4) is 0 Å². The molecule has 1 aliphatic rings. The fourth-order valence-electron chi connectivity index (χ4n) is 2.71. The maximum atomic E-state index is 5.71. The molecule has 2 heteroatoms. The Bertz CT molecular complexity index is 336. The summed E-state index contributed by atoms with van der Waals surface area (Å²) in [4.78, 5) is 0. The van der Waals surface area contributed by atoms with Crippen LogP contribution in [0.25, 0.3) is 0 Å². The first kappa shape index (κ1) is 12.6. The number of hydrogen-bond acceptors (Lipinski definition) is 2. The lowest BCUT2D eigenvalue weighted by molar-refractivity contribution is 0.364. The fraction of sp³-hybridized carbons (Fsp3) is 0.600. The van der Waals surface area contributed by atoms with Gasteiger partial charge in [0.05, 0.1) is 0 Å². The van der Waals surface area contributed by atoms with Crippen LogP contribution in [-0.2, 0) is 0 Å². The number of nitrogens with two attached hydrogens (primary N) is 1. The Morgan fingerprint density at radius 1 is 1.35 bits per heavy atom. The van der Waals surface area contributed by atoms with E-state index in [1.807, 2.05) is 0 Å². The second kappa shape index (κ2) is 5.65. The van der Waals surface area contributed by atoms with Gasteiger partial charge in [0, 0.05) is 6.04 Å². The monoisotopic (exact) mass is 232 g/mol. The second-order valence-electron chi connectivity index (χ2n) is 5.44. The Morgan fingerprint density at radius 2 is 2.06 bits per heavy atom. The highest BCUT2D eigenvalue weighted by Crippen LogP contribution is 2.50. The van der Waals surface area contributed by atoms with Gasteiger partial charge in [-0.1, -0.05) is 50.6 Å². The van der Waals surface area contributed by atoms with Gasteiger partial charge in [-0.05, 0) is 36.2 Å². The quantitative estimate of drug-likeness (QED) is 0.584. The van der Waals surface area contributed by atoms with Crippen LogP contribution in [0.2, 0.25) is 0 Å². The average molecular weight is 232 g/mol. The van der Waals surface area contributed by atoms with Crippen molar-refractivity contribution in [2.24, 2.45) is 17.7 Å². The van der Waals surface area contributed by atoms with Crippen LogP contribution in [0, 0.1) is 11.8 Å². The maximum Gasteiger partial charge on any atom is 0.0247 e. The van der Waals surface area contributed by atoms with Crippen molar-refractivity contribution in [2.45, 2.75) is 45.1 Å². The van der Waals surface area contributed by atoms with Gasteiger partial charge in [0.2, 0.25) is 0 Å². The standard InChI is InChI=1S/C15H24N2/c1-3-11(2)9-15(17-16)14-10-13(14)12-7-5-4-6-8-12/h4-8,11,13-15,17H,3,9-10,16H2,1-2H3. The number of hydrazine groups is 1. The van der Waals surface area contributed by atoms with Crippen LogP contribution in [-0.4, -0.2) is 6.04 Å². The molecule has 1 aliphatic carbocycles. The van der Waals surface area contributed by atoms with Crippen molar-refractivity contribution in [3.8, 4) is 0 Å². The van der Waals surface area contributed by atoms with Crippen LogP contribution in [0.4, 0.5) is 0 Å². The van der Waals surface area contributed by atoms with Crippen molar-refractivity contribution < 1.29 is 0 Å². The Kier molecular flexibility index (Phi) is 4.19. The SMILES string of the molecule is CCC(C)CC(NN)C1CC1c1ccccc1. The third kappa shape index (κ3) is 3.08. The van der Waals surface area contributed by atoms with Gasteiger partial charge in [0.15, 0.2) is 0 Å². The summed E-state index contributed by atoms with van der Waals surface area (Å²) in [6, 6.07) is 11.3. The number of benzene rings is 1. The molecule has 1 saturated carbocycles. The van der Waals surface area contributed by atoms with Gasteiger partial charge < -0.3 is 0 Å². The average Bonchev–Trinajstić information content (AvgIpc) is 3.17. The molecule has 0 saturated heterocycles. The highest BCUT2D eigenvalue weighted by Gasteiger charge is 2.43. The summed E-state index contributed by atoms with van der Waals surface area (Å²) < 4.78 is 0. The van der Waals surface area contributed by atoms with Crippen molar-refractivity contribution in [3.63, 3.8) is 0 Å². The van der Waals surface area contributed by atoms with Crippen molar-refractivity contribution in [1.29, 1.82) is 0 Å². The molecule has 0 amide bonds. The summed E-state index contributed by atoms with van der Waals surface area (Å²) >= 11 is 0. The minimum atomic E-state index is 0.482. The molecule has 4 unspecified atom stereocenters. The minimum absolute atomic E-state index is 0.482. The molecule has 2 nitrogen and oxygen atoms in total. The zero-order valence-electron chi connectivity index (χ0n) is 10.9. The first-order chi connectivity index (χ1) is 8.26. The molecule has 17 heavy (non-hydrogen) atoms. The predicted octanol–water partition coefficient (Wildman–Crippen LogP) is 3.06. The van der Waals surface area contributed by atoms with Crippen molar-refractivity contribution in [3.05, 3.63) is 35.9 Å². The number of hydrogen-bond donors (Lipinski definition) is 2. The predicted molar refractivity (Wildman–Crippen MR) is 72.5 cm³/mol. The molecule has 0 aliphatic heterocycles. The van der Waals surface area contributed by atoms with E-state index in [1.165, 1.54) is 24.8 Å². The molecule has 1 aromatic rings. The lowest BCUT2D eigenvalue weighted by atomic mass is 9.95. The zero-order chi connectivity index (χ0) is 12.3. The van der Waals surface area contributed by atoms with Gasteiger partial charge in [0.1, 0.15) is 0 Å². The third-order valence-electron chi connectivity index (χ3n) is 4.15. The first-order valence-corrected chi connectivity index (χ1v) is 6.77. The van der Waals surface area contributed by atoms with Gasteiger partial charge in [-0.2, -0.15) is 0 Å². The van der Waals surface area contributed by atoms with Crippen LogP contribution in [0.1, 0.15) is 44.6 Å². The molecular weight excluding hydrogens is 208 g/mol. The van der Waals surface area contributed by atoms with Crippen molar-refractivity contribution in [1.82, 2.24) is 5.43 Å². The lowest BCUT2D eigenvalue weighted by Crippen LogP contribution is -2.38. The van der Waals surface area contributed by atoms with E-state index in [4.69, 9.17) is 5.84 Å². The van der Waals surface area contributed by atoms with Gasteiger partial charge >= 0.3 is 0 Å². The summed E-state index contributed by atoms with van der Waals surface area (Å²) in [5.74, 6) is 7.92. The smallest absolute Gasteiger partial charge is 0.0247 e. The van der Waals surface area contributed by atoms with E-state index in [9.17, 15) is 0 Å². The van der Waals surface area contributed by atoms with Crippen LogP contribution in [0.5, 0.6) is 0 Å². The molecule has 0 heterocycles. The van der Waals surface area contributed by atoms with E-state index < -0.39 is 0 Å². The first-order valence-electron chi connectivity index (χ1n) is 6.77. The van der Waals surface area contributed by atoms with Crippen LogP contribution in [0.15, 0.2) is 30.3 Å². The third-order valence-corrected chi connectivity index (χ3v) is 4.15. The van der Waals surface area contributed by atoms with E-state index >= 15 is 0 Å². The van der Waals surface area contributed by atoms with Gasteiger partial charge in [-0.25, -0.2) is 0 Å². The van der Waals surface area contributed by atoms with Gasteiger partial charge in [-0.3, -0.25) is 11.3 Å². The molecule has 0 radical (unpaired) electrons. The summed E-state index contributed by atoms with van der Waals surface area (Å²) in [5, 5.41) is 0. The van der Waals surface area contributed by atoms with Crippen molar-refractivity contribution in [2.75, 3.05) is 0 Å². The summed E-state index contributed by atoms with van der Waals surface area (Å²) in [5.41, 5.74) is 4.50. The number of rotatable bonds is 6. The molecule has 0 bridgehead atoms. The molecular formula is C15H24N2. The Labute approximate surface area is 105 Å². The van der Waals surface area contributed by atoms with E-state index in [2.05, 4.69) is 49.6 Å². The second-order valence-corrected chi connectivity index (χ2v) is 5.44. The molecule has 1 fully saturated rings. The Hall–Kier alpha value is -0.860. The highest BCUT2D eigenvalue weighted by molar-refractivity contribution is 5.26.